The SMILES string of the molecule is COc1cccc(N2CCN(C(=S)Nc3cccc(Cl)c3)CC2)c1. The number of thiocarbonyl (C=S) groups is 1. The topological polar surface area (TPSA) is 27.7 Å². The molecule has 0 radical (unpaired) electrons. The molecule has 1 aliphatic heterocycles. The lowest BCUT2D eigenvalue weighted by Gasteiger charge is -2.37. The van der Waals surface area contributed by atoms with Gasteiger partial charge in [-0.25, -0.2) is 0 Å². The third-order valence-corrected chi connectivity index (χ3v) is 4.66. The molecule has 0 amide bonds. The molecule has 126 valence electrons. The number of hydrogen-bond donors (Lipinski definition) is 1. The lowest BCUT2D eigenvalue weighted by molar-refractivity contribution is 0.389. The molecule has 0 unspecified atom stereocenters. The molecule has 0 spiro atoms. The minimum absolute atomic E-state index is 0.700. The molecule has 4 nitrogen and oxygen atoms in total. The second kappa shape index (κ2) is 7.73. The molecular formula is C18H20ClN3OS. The Hall–Kier alpha value is -1.98. The number of anilines is 2. The van der Waals surface area contributed by atoms with E-state index in [9.17, 15) is 0 Å². The van der Waals surface area contributed by atoms with E-state index >= 15 is 0 Å². The lowest BCUT2D eigenvalue weighted by Crippen LogP contribution is -2.50. The normalized spacial score (nSPS) is 14.4. The molecular weight excluding hydrogens is 342 g/mol. The van der Waals surface area contributed by atoms with Gasteiger partial charge in [-0.15, -0.1) is 0 Å². The predicted octanol–water partition coefficient (Wildman–Crippen LogP) is 3.87. The maximum Gasteiger partial charge on any atom is 0.173 e. The van der Waals surface area contributed by atoms with Crippen LogP contribution in [0, 0.1) is 0 Å². The summed E-state index contributed by atoms with van der Waals surface area (Å²) in [5.41, 5.74) is 2.10. The van der Waals surface area contributed by atoms with E-state index in [1.165, 1.54) is 5.69 Å². The van der Waals surface area contributed by atoms with Gasteiger partial charge in [-0.3, -0.25) is 0 Å². The molecule has 1 fully saturated rings. The van der Waals surface area contributed by atoms with Gasteiger partial charge in [-0.2, -0.15) is 0 Å². The van der Waals surface area contributed by atoms with Crippen LogP contribution in [0.25, 0.3) is 0 Å². The Morgan fingerprint density at radius 2 is 1.83 bits per heavy atom. The van der Waals surface area contributed by atoms with Crippen molar-refractivity contribution in [3.8, 4) is 5.75 Å². The predicted molar refractivity (Wildman–Crippen MR) is 104 cm³/mol. The summed E-state index contributed by atoms with van der Waals surface area (Å²) in [6, 6.07) is 15.8. The summed E-state index contributed by atoms with van der Waals surface area (Å²) < 4.78 is 5.30. The van der Waals surface area contributed by atoms with E-state index in [0.717, 1.165) is 42.7 Å². The number of nitrogens with one attached hydrogen (secondary N) is 1. The third-order valence-electron chi connectivity index (χ3n) is 4.06. The summed E-state index contributed by atoms with van der Waals surface area (Å²) in [6.07, 6.45) is 0. The summed E-state index contributed by atoms with van der Waals surface area (Å²) >= 11 is 11.5. The van der Waals surface area contributed by atoms with Crippen molar-refractivity contribution in [2.45, 2.75) is 0 Å². The van der Waals surface area contributed by atoms with Gasteiger partial charge in [0.25, 0.3) is 0 Å². The van der Waals surface area contributed by atoms with Crippen LogP contribution in [0.4, 0.5) is 11.4 Å². The minimum Gasteiger partial charge on any atom is -0.497 e. The Morgan fingerprint density at radius 1 is 1.08 bits per heavy atom. The molecule has 0 bridgehead atoms. The largest absolute Gasteiger partial charge is 0.497 e. The minimum atomic E-state index is 0.700. The van der Waals surface area contributed by atoms with Crippen molar-refractivity contribution in [1.29, 1.82) is 0 Å². The van der Waals surface area contributed by atoms with Gasteiger partial charge >= 0.3 is 0 Å². The van der Waals surface area contributed by atoms with E-state index in [-0.39, 0.29) is 0 Å². The molecule has 1 heterocycles. The first-order chi connectivity index (χ1) is 11.7. The lowest BCUT2D eigenvalue weighted by atomic mass is 10.2. The van der Waals surface area contributed by atoms with Gasteiger partial charge in [0, 0.05) is 48.6 Å². The van der Waals surface area contributed by atoms with Crippen LogP contribution in [0.3, 0.4) is 0 Å². The average molecular weight is 362 g/mol. The van der Waals surface area contributed by atoms with Crippen LogP contribution >= 0.6 is 23.8 Å². The fraction of sp³-hybridized carbons (Fsp3) is 0.278. The van der Waals surface area contributed by atoms with Crippen LogP contribution in [-0.4, -0.2) is 43.3 Å². The second-order valence-corrected chi connectivity index (χ2v) is 6.44. The molecule has 0 saturated carbocycles. The Morgan fingerprint density at radius 3 is 2.54 bits per heavy atom. The molecule has 1 aliphatic rings. The number of rotatable bonds is 3. The van der Waals surface area contributed by atoms with Gasteiger partial charge in [0.15, 0.2) is 5.11 Å². The second-order valence-electron chi connectivity index (χ2n) is 5.62. The summed E-state index contributed by atoms with van der Waals surface area (Å²) in [7, 11) is 1.69. The number of halogens is 1. The quantitative estimate of drug-likeness (QED) is 0.838. The number of ether oxygens (including phenoxy) is 1. The van der Waals surface area contributed by atoms with Crippen molar-refractivity contribution in [2.24, 2.45) is 0 Å². The molecule has 1 saturated heterocycles. The van der Waals surface area contributed by atoms with Gasteiger partial charge in [0.05, 0.1) is 7.11 Å². The van der Waals surface area contributed by atoms with E-state index in [2.05, 4.69) is 27.2 Å². The highest BCUT2D eigenvalue weighted by Gasteiger charge is 2.19. The fourth-order valence-corrected chi connectivity index (χ4v) is 3.23. The number of hydrogen-bond acceptors (Lipinski definition) is 3. The average Bonchev–Trinajstić information content (AvgIpc) is 2.62. The van der Waals surface area contributed by atoms with Crippen molar-refractivity contribution in [3.63, 3.8) is 0 Å². The van der Waals surface area contributed by atoms with E-state index in [0.29, 0.717) is 5.02 Å². The van der Waals surface area contributed by atoms with Crippen LogP contribution in [0.2, 0.25) is 5.02 Å². The number of nitrogens with zero attached hydrogens (tertiary/aromatic N) is 2. The number of benzene rings is 2. The van der Waals surface area contributed by atoms with Crippen molar-refractivity contribution in [1.82, 2.24) is 4.90 Å². The van der Waals surface area contributed by atoms with E-state index < -0.39 is 0 Å². The van der Waals surface area contributed by atoms with Crippen LogP contribution in [0.15, 0.2) is 48.5 Å². The van der Waals surface area contributed by atoms with Crippen molar-refractivity contribution < 1.29 is 4.74 Å². The summed E-state index contributed by atoms with van der Waals surface area (Å²) in [4.78, 5) is 4.54. The van der Waals surface area contributed by atoms with Crippen molar-refractivity contribution in [2.75, 3.05) is 43.5 Å². The number of methoxy groups -OCH3 is 1. The maximum atomic E-state index is 6.01. The Kier molecular flexibility index (Phi) is 5.43. The highest BCUT2D eigenvalue weighted by atomic mass is 35.5. The Labute approximate surface area is 153 Å². The van der Waals surface area contributed by atoms with Gasteiger partial charge in [-0.1, -0.05) is 23.7 Å². The van der Waals surface area contributed by atoms with Crippen LogP contribution < -0.4 is 15.0 Å². The third kappa shape index (κ3) is 4.10. The first-order valence-corrected chi connectivity index (χ1v) is 8.65. The molecule has 2 aromatic carbocycles. The van der Waals surface area contributed by atoms with E-state index in [1.54, 1.807) is 7.11 Å². The van der Waals surface area contributed by atoms with E-state index in [4.69, 9.17) is 28.6 Å². The monoisotopic (exact) mass is 361 g/mol. The zero-order valence-corrected chi connectivity index (χ0v) is 15.1. The molecule has 6 heteroatoms. The van der Waals surface area contributed by atoms with Crippen LogP contribution in [0.5, 0.6) is 5.75 Å². The van der Waals surface area contributed by atoms with Gasteiger partial charge < -0.3 is 19.9 Å². The van der Waals surface area contributed by atoms with Gasteiger partial charge in [0.2, 0.25) is 0 Å². The molecule has 2 aromatic rings. The molecule has 3 rings (SSSR count). The fourth-order valence-electron chi connectivity index (χ4n) is 2.74. The zero-order valence-electron chi connectivity index (χ0n) is 13.5. The van der Waals surface area contributed by atoms with Crippen molar-refractivity contribution >= 4 is 40.3 Å². The molecule has 0 aliphatic carbocycles. The summed E-state index contributed by atoms with van der Waals surface area (Å²) in [5, 5.41) is 4.70. The molecule has 0 atom stereocenters. The molecule has 24 heavy (non-hydrogen) atoms. The van der Waals surface area contributed by atoms with E-state index in [1.807, 2.05) is 36.4 Å². The van der Waals surface area contributed by atoms with Crippen molar-refractivity contribution in [3.05, 3.63) is 53.6 Å². The zero-order chi connectivity index (χ0) is 16.9. The number of piperazine rings is 1. The smallest absolute Gasteiger partial charge is 0.173 e. The maximum absolute atomic E-state index is 6.01. The summed E-state index contributed by atoms with van der Waals surface area (Å²) in [5.74, 6) is 0.882. The van der Waals surface area contributed by atoms with Crippen LogP contribution in [-0.2, 0) is 0 Å². The molecule has 0 aromatic heterocycles. The standard InChI is InChI=1S/C18H20ClN3OS/c1-23-17-7-3-6-16(13-17)21-8-10-22(11-9-21)18(24)20-15-5-2-4-14(19)12-15/h2-7,12-13H,8-11H2,1H3,(H,20,24). The Balaban J connectivity index is 1.57. The first-order valence-electron chi connectivity index (χ1n) is 7.86. The molecule has 1 N–H and O–H groups in total. The Bertz CT molecular complexity index is 717. The summed E-state index contributed by atoms with van der Waals surface area (Å²) in [6.45, 7) is 3.60. The highest BCUT2D eigenvalue weighted by Crippen LogP contribution is 2.22. The van der Waals surface area contributed by atoms with Gasteiger partial charge in [0.1, 0.15) is 5.75 Å². The van der Waals surface area contributed by atoms with Gasteiger partial charge in [-0.05, 0) is 42.5 Å². The first kappa shape index (κ1) is 16.9. The highest BCUT2D eigenvalue weighted by molar-refractivity contribution is 7.80. The van der Waals surface area contributed by atoms with Crippen LogP contribution in [0.1, 0.15) is 0 Å².